The number of ketones is 1. The molecule has 1 fully saturated rings. The molecule has 1 saturated heterocycles. The first-order chi connectivity index (χ1) is 10.5. The summed E-state index contributed by atoms with van der Waals surface area (Å²) in [6.07, 6.45) is 3.09. The van der Waals surface area contributed by atoms with Crippen molar-refractivity contribution in [2.24, 2.45) is 11.8 Å². The second-order valence-corrected chi connectivity index (χ2v) is 6.82. The number of fused-ring (bicyclic) bond motifs is 1. The number of hydrogen-bond donors (Lipinski definition) is 1. The summed E-state index contributed by atoms with van der Waals surface area (Å²) in [5.74, 6) is 0.628. The van der Waals surface area contributed by atoms with Crippen molar-refractivity contribution in [1.82, 2.24) is 9.88 Å². The molecule has 0 spiro atoms. The lowest BCUT2D eigenvalue weighted by molar-refractivity contribution is 0.0695. The number of likely N-dealkylation sites (tertiary alicyclic amines) is 1. The minimum absolute atomic E-state index is 0.0197. The summed E-state index contributed by atoms with van der Waals surface area (Å²) in [5.41, 5.74) is 0.935. The van der Waals surface area contributed by atoms with Gasteiger partial charge in [0.2, 0.25) is 0 Å². The van der Waals surface area contributed by atoms with Crippen molar-refractivity contribution in [2.45, 2.75) is 39.5 Å². The van der Waals surface area contributed by atoms with Crippen LogP contribution >= 0.6 is 0 Å². The van der Waals surface area contributed by atoms with E-state index in [0.717, 1.165) is 12.8 Å². The highest BCUT2D eigenvalue weighted by Gasteiger charge is 2.28. The Hall–Kier alpha value is -1.91. The highest BCUT2D eigenvalue weighted by atomic mass is 16.2. The fourth-order valence-electron chi connectivity index (χ4n) is 3.37. The maximum absolute atomic E-state index is 12.6. The molecule has 1 unspecified atom stereocenters. The second kappa shape index (κ2) is 5.71. The number of hydrogen-bond acceptors (Lipinski definition) is 3. The largest absolute Gasteiger partial charge is 0.338 e. The van der Waals surface area contributed by atoms with Gasteiger partial charge in [-0.1, -0.05) is 13.8 Å². The number of carbonyl (C=O) groups excluding carboxylic acids is 2. The van der Waals surface area contributed by atoms with Gasteiger partial charge >= 0.3 is 0 Å². The standard InChI is InChI=1S/C17H22N2O3/c1-10-3-5-19(6-4-10)17(22)13-9-12-14(18-16(13)21)7-11(2)8-15(12)20/h9-11H,3-8H2,1-2H3,(H,18,21). The average Bonchev–Trinajstić information content (AvgIpc) is 2.46. The Morgan fingerprint density at radius 2 is 1.82 bits per heavy atom. The summed E-state index contributed by atoms with van der Waals surface area (Å²) >= 11 is 0. The molecule has 2 heterocycles. The van der Waals surface area contributed by atoms with Gasteiger partial charge in [-0.15, -0.1) is 0 Å². The average molecular weight is 302 g/mol. The van der Waals surface area contributed by atoms with Crippen LogP contribution in [0.5, 0.6) is 0 Å². The molecule has 118 valence electrons. The topological polar surface area (TPSA) is 70.2 Å². The Bertz CT molecular complexity index is 669. The van der Waals surface area contributed by atoms with Crippen LogP contribution in [0.15, 0.2) is 10.9 Å². The van der Waals surface area contributed by atoms with Crippen LogP contribution in [0.3, 0.4) is 0 Å². The lowest BCUT2D eigenvalue weighted by Crippen LogP contribution is -2.40. The van der Waals surface area contributed by atoms with Gasteiger partial charge in [0.15, 0.2) is 5.78 Å². The minimum atomic E-state index is -0.371. The van der Waals surface area contributed by atoms with E-state index in [9.17, 15) is 14.4 Å². The molecule has 0 radical (unpaired) electrons. The van der Waals surface area contributed by atoms with Crippen LogP contribution in [0.25, 0.3) is 0 Å². The third kappa shape index (κ3) is 2.72. The predicted molar refractivity (Wildman–Crippen MR) is 83.2 cm³/mol. The summed E-state index contributed by atoms with van der Waals surface area (Å²) in [6, 6.07) is 1.52. The molecule has 0 aromatic carbocycles. The van der Waals surface area contributed by atoms with E-state index in [1.54, 1.807) is 4.90 Å². The molecule has 2 aliphatic rings. The molecule has 1 amide bonds. The molecule has 0 bridgehead atoms. The Kier molecular flexibility index (Phi) is 3.89. The van der Waals surface area contributed by atoms with Crippen LogP contribution in [0, 0.1) is 11.8 Å². The third-order valence-electron chi connectivity index (χ3n) is 4.81. The molecular formula is C17H22N2O3. The number of carbonyl (C=O) groups is 2. The van der Waals surface area contributed by atoms with Crippen LogP contribution < -0.4 is 5.56 Å². The van der Waals surface area contributed by atoms with E-state index in [0.29, 0.717) is 43.1 Å². The van der Waals surface area contributed by atoms with Crippen molar-refractivity contribution in [3.05, 3.63) is 33.2 Å². The molecule has 1 atom stereocenters. The zero-order valence-electron chi connectivity index (χ0n) is 13.1. The molecule has 22 heavy (non-hydrogen) atoms. The minimum Gasteiger partial charge on any atom is -0.338 e. The van der Waals surface area contributed by atoms with Crippen molar-refractivity contribution in [3.8, 4) is 0 Å². The van der Waals surface area contributed by atoms with E-state index in [1.807, 2.05) is 6.92 Å². The van der Waals surface area contributed by atoms with Gasteiger partial charge in [0.25, 0.3) is 11.5 Å². The van der Waals surface area contributed by atoms with Gasteiger partial charge in [0.05, 0.1) is 0 Å². The van der Waals surface area contributed by atoms with Gasteiger partial charge in [-0.2, -0.15) is 0 Å². The van der Waals surface area contributed by atoms with Crippen molar-refractivity contribution in [2.75, 3.05) is 13.1 Å². The summed E-state index contributed by atoms with van der Waals surface area (Å²) in [4.78, 5) is 41.5. The molecule has 5 nitrogen and oxygen atoms in total. The highest BCUT2D eigenvalue weighted by Crippen LogP contribution is 2.24. The number of rotatable bonds is 1. The van der Waals surface area contributed by atoms with Gasteiger partial charge in [-0.25, -0.2) is 0 Å². The van der Waals surface area contributed by atoms with Crippen LogP contribution in [-0.2, 0) is 6.42 Å². The molecular weight excluding hydrogens is 280 g/mol. The maximum Gasteiger partial charge on any atom is 0.261 e. The van der Waals surface area contributed by atoms with Crippen molar-refractivity contribution >= 4 is 11.7 Å². The first-order valence-electron chi connectivity index (χ1n) is 8.04. The number of piperidine rings is 1. The summed E-state index contributed by atoms with van der Waals surface area (Å²) in [5, 5.41) is 0. The second-order valence-electron chi connectivity index (χ2n) is 6.82. The van der Waals surface area contributed by atoms with Gasteiger partial charge in [0, 0.05) is 30.8 Å². The lowest BCUT2D eigenvalue weighted by atomic mass is 9.86. The Morgan fingerprint density at radius 1 is 1.14 bits per heavy atom. The smallest absolute Gasteiger partial charge is 0.261 e. The molecule has 3 rings (SSSR count). The fourth-order valence-corrected chi connectivity index (χ4v) is 3.37. The number of amides is 1. The van der Waals surface area contributed by atoms with Crippen molar-refractivity contribution in [1.29, 1.82) is 0 Å². The number of H-pyrrole nitrogens is 1. The van der Waals surface area contributed by atoms with Crippen molar-refractivity contribution in [3.63, 3.8) is 0 Å². The van der Waals surface area contributed by atoms with Crippen LogP contribution in [-0.4, -0.2) is 34.7 Å². The van der Waals surface area contributed by atoms with Gasteiger partial charge in [0.1, 0.15) is 5.56 Å². The Labute approximate surface area is 129 Å². The number of nitrogens with zero attached hydrogens (tertiary/aromatic N) is 1. The number of aromatic amines is 1. The Morgan fingerprint density at radius 3 is 2.50 bits per heavy atom. The maximum atomic E-state index is 12.6. The lowest BCUT2D eigenvalue weighted by Gasteiger charge is -2.30. The monoisotopic (exact) mass is 302 g/mol. The highest BCUT2D eigenvalue weighted by molar-refractivity contribution is 6.01. The number of pyridine rings is 1. The molecule has 1 aromatic heterocycles. The van der Waals surface area contributed by atoms with E-state index in [4.69, 9.17) is 0 Å². The molecule has 1 aliphatic carbocycles. The number of aromatic nitrogens is 1. The molecule has 1 aliphatic heterocycles. The molecule has 0 saturated carbocycles. The van der Waals surface area contributed by atoms with E-state index in [2.05, 4.69) is 11.9 Å². The fraction of sp³-hybridized carbons (Fsp3) is 0.588. The quantitative estimate of drug-likeness (QED) is 0.862. The van der Waals surface area contributed by atoms with Gasteiger partial charge < -0.3 is 9.88 Å². The van der Waals surface area contributed by atoms with E-state index < -0.39 is 0 Å². The summed E-state index contributed by atoms with van der Waals surface area (Å²) in [6.45, 7) is 5.53. The zero-order chi connectivity index (χ0) is 15.9. The summed E-state index contributed by atoms with van der Waals surface area (Å²) < 4.78 is 0. The van der Waals surface area contributed by atoms with E-state index in [-0.39, 0.29) is 28.7 Å². The van der Waals surface area contributed by atoms with Gasteiger partial charge in [-0.3, -0.25) is 14.4 Å². The SMILES string of the molecule is CC1CCN(C(=O)c2cc3c([nH]c2=O)CC(C)CC3=O)CC1. The van der Waals surface area contributed by atoms with Crippen LogP contribution in [0.1, 0.15) is 59.5 Å². The summed E-state index contributed by atoms with van der Waals surface area (Å²) in [7, 11) is 0. The van der Waals surface area contributed by atoms with E-state index >= 15 is 0 Å². The first kappa shape index (κ1) is 15.0. The normalized spacial score (nSPS) is 22.5. The van der Waals surface area contributed by atoms with E-state index in [1.165, 1.54) is 6.07 Å². The van der Waals surface area contributed by atoms with Crippen molar-refractivity contribution < 1.29 is 9.59 Å². The number of Topliss-reactive ketones (excluding diaryl/α,β-unsaturated/α-hetero) is 1. The predicted octanol–water partition coefficient (Wildman–Crippen LogP) is 2.01. The van der Waals surface area contributed by atoms with Crippen LogP contribution in [0.2, 0.25) is 0 Å². The van der Waals surface area contributed by atoms with Gasteiger partial charge in [-0.05, 0) is 37.2 Å². The van der Waals surface area contributed by atoms with Crippen LogP contribution in [0.4, 0.5) is 0 Å². The molecule has 5 heteroatoms. The molecule has 1 aromatic rings. The Balaban J connectivity index is 1.91. The zero-order valence-corrected chi connectivity index (χ0v) is 13.1. The molecule has 1 N–H and O–H groups in total. The first-order valence-corrected chi connectivity index (χ1v) is 8.04. The third-order valence-corrected chi connectivity index (χ3v) is 4.81. The number of nitrogens with one attached hydrogen (secondary N) is 1.